The van der Waals surface area contributed by atoms with Crippen molar-refractivity contribution >= 4 is 22.0 Å². The first-order valence-corrected chi connectivity index (χ1v) is 6.81. The van der Waals surface area contributed by atoms with Crippen LogP contribution >= 0.6 is 15.9 Å². The van der Waals surface area contributed by atoms with E-state index in [2.05, 4.69) is 55.8 Å². The molecule has 1 rings (SSSR count). The Balaban J connectivity index is 3.39. The van der Waals surface area contributed by atoms with Gasteiger partial charge in [-0.15, -0.1) is 0 Å². The molecule has 2 heteroatoms. The summed E-state index contributed by atoms with van der Waals surface area (Å²) in [6.07, 6.45) is 3.35. The Morgan fingerprint density at radius 1 is 1.41 bits per heavy atom. The van der Waals surface area contributed by atoms with E-state index in [0.717, 1.165) is 16.6 Å². The van der Waals surface area contributed by atoms with E-state index in [1.54, 1.807) is 7.11 Å². The van der Waals surface area contributed by atoms with Crippen LogP contribution in [0.5, 0.6) is 5.75 Å². The van der Waals surface area contributed by atoms with Gasteiger partial charge in [-0.25, -0.2) is 0 Å². The topological polar surface area (TPSA) is 9.23 Å². The quantitative estimate of drug-likeness (QED) is 0.723. The molecular weight excluding hydrogens is 276 g/mol. The molecule has 0 aliphatic carbocycles. The van der Waals surface area contributed by atoms with Crippen molar-refractivity contribution in [1.82, 2.24) is 0 Å². The molecule has 1 unspecified atom stereocenters. The van der Waals surface area contributed by atoms with Gasteiger partial charge in [0, 0.05) is 4.47 Å². The number of rotatable bonds is 4. The van der Waals surface area contributed by atoms with Gasteiger partial charge in [-0.3, -0.25) is 0 Å². The van der Waals surface area contributed by atoms with Crippen LogP contribution in [0.4, 0.5) is 0 Å². The van der Waals surface area contributed by atoms with E-state index in [9.17, 15) is 0 Å². The number of halogens is 1. The van der Waals surface area contributed by atoms with Crippen molar-refractivity contribution in [1.29, 1.82) is 0 Å². The van der Waals surface area contributed by atoms with E-state index in [1.807, 2.05) is 6.07 Å². The van der Waals surface area contributed by atoms with E-state index >= 15 is 0 Å². The lowest BCUT2D eigenvalue weighted by molar-refractivity contribution is 0.414. The maximum Gasteiger partial charge on any atom is 0.120 e. The van der Waals surface area contributed by atoms with Gasteiger partial charge in [-0.1, -0.05) is 41.4 Å². The van der Waals surface area contributed by atoms with E-state index in [-0.39, 0.29) is 0 Å². The zero-order valence-corrected chi connectivity index (χ0v) is 12.9. The van der Waals surface area contributed by atoms with Crippen molar-refractivity contribution < 1.29 is 4.74 Å². The zero-order valence-electron chi connectivity index (χ0n) is 11.3. The van der Waals surface area contributed by atoms with Gasteiger partial charge in [0.2, 0.25) is 0 Å². The Morgan fingerprint density at radius 2 is 2.06 bits per heavy atom. The summed E-state index contributed by atoms with van der Waals surface area (Å²) in [5, 5.41) is 0. The van der Waals surface area contributed by atoms with E-state index < -0.39 is 0 Å². The van der Waals surface area contributed by atoms with Crippen LogP contribution in [-0.4, -0.2) is 7.11 Å². The van der Waals surface area contributed by atoms with Crippen LogP contribution in [0.3, 0.4) is 0 Å². The first kappa shape index (κ1) is 14.3. The fraction of sp³-hybridized carbons (Fsp3) is 0.467. The van der Waals surface area contributed by atoms with Crippen molar-refractivity contribution in [3.8, 4) is 5.75 Å². The number of ether oxygens (including phenoxy) is 1. The highest BCUT2D eigenvalue weighted by Crippen LogP contribution is 2.35. The van der Waals surface area contributed by atoms with Crippen LogP contribution in [0, 0.1) is 0 Å². The monoisotopic (exact) mass is 296 g/mol. The van der Waals surface area contributed by atoms with E-state index in [4.69, 9.17) is 4.74 Å². The molecule has 1 aromatic carbocycles. The molecule has 1 aromatic rings. The molecule has 0 amide bonds. The van der Waals surface area contributed by atoms with Crippen molar-refractivity contribution in [2.24, 2.45) is 0 Å². The van der Waals surface area contributed by atoms with Gasteiger partial charge < -0.3 is 4.74 Å². The molecule has 0 heterocycles. The molecule has 0 N–H and O–H groups in total. The van der Waals surface area contributed by atoms with Gasteiger partial charge in [0.15, 0.2) is 0 Å². The minimum absolute atomic E-state index is 0.542. The maximum atomic E-state index is 5.33. The van der Waals surface area contributed by atoms with E-state index in [0.29, 0.717) is 5.92 Å². The molecule has 0 aliphatic heterocycles. The van der Waals surface area contributed by atoms with Gasteiger partial charge in [0.05, 0.1) is 7.11 Å². The van der Waals surface area contributed by atoms with Crippen LogP contribution in [0.15, 0.2) is 22.2 Å². The highest BCUT2D eigenvalue weighted by atomic mass is 79.9. The molecule has 1 nitrogen and oxygen atoms in total. The minimum Gasteiger partial charge on any atom is -0.497 e. The molecular formula is C15H21BrO. The number of hydrogen-bond donors (Lipinski definition) is 0. The molecule has 17 heavy (non-hydrogen) atoms. The largest absolute Gasteiger partial charge is 0.497 e. The summed E-state index contributed by atoms with van der Waals surface area (Å²) < 4.78 is 6.46. The lowest BCUT2D eigenvalue weighted by Gasteiger charge is -2.17. The molecule has 0 fully saturated rings. The van der Waals surface area contributed by atoms with Gasteiger partial charge in [0.1, 0.15) is 5.75 Å². The van der Waals surface area contributed by atoms with Crippen molar-refractivity contribution in [3.63, 3.8) is 0 Å². The summed E-state index contributed by atoms with van der Waals surface area (Å²) in [7, 11) is 1.71. The fourth-order valence-electron chi connectivity index (χ4n) is 1.89. The third kappa shape index (κ3) is 3.60. The van der Waals surface area contributed by atoms with E-state index in [1.165, 1.54) is 16.7 Å². The smallest absolute Gasteiger partial charge is 0.120 e. The maximum absolute atomic E-state index is 5.33. The third-order valence-electron chi connectivity index (χ3n) is 2.92. The summed E-state index contributed by atoms with van der Waals surface area (Å²) in [4.78, 5) is 0. The van der Waals surface area contributed by atoms with Gasteiger partial charge in [-0.05, 0) is 49.4 Å². The summed E-state index contributed by atoms with van der Waals surface area (Å²) in [6.45, 7) is 8.71. The van der Waals surface area contributed by atoms with Gasteiger partial charge >= 0.3 is 0 Å². The van der Waals surface area contributed by atoms with Crippen LogP contribution in [0.1, 0.15) is 51.2 Å². The van der Waals surface area contributed by atoms with Crippen LogP contribution in [-0.2, 0) is 0 Å². The molecule has 94 valence electrons. The average Bonchev–Trinajstić information content (AvgIpc) is 2.26. The van der Waals surface area contributed by atoms with Crippen molar-refractivity contribution in [2.75, 3.05) is 7.11 Å². The van der Waals surface area contributed by atoms with Crippen LogP contribution in [0.25, 0.3) is 6.08 Å². The second kappa shape index (κ2) is 6.25. The first-order valence-electron chi connectivity index (χ1n) is 6.01. The Bertz CT molecular complexity index is 417. The highest BCUT2D eigenvalue weighted by Gasteiger charge is 2.13. The zero-order chi connectivity index (χ0) is 13.0. The molecule has 0 saturated carbocycles. The summed E-state index contributed by atoms with van der Waals surface area (Å²) >= 11 is 3.66. The lowest BCUT2D eigenvalue weighted by Crippen LogP contribution is -1.98. The van der Waals surface area contributed by atoms with Gasteiger partial charge in [0.25, 0.3) is 0 Å². The van der Waals surface area contributed by atoms with Gasteiger partial charge in [-0.2, -0.15) is 0 Å². The van der Waals surface area contributed by atoms with Crippen molar-refractivity contribution in [2.45, 2.75) is 40.0 Å². The lowest BCUT2D eigenvalue weighted by atomic mass is 9.92. The number of hydrogen-bond acceptors (Lipinski definition) is 1. The normalized spacial score (nSPS) is 12.1. The third-order valence-corrected chi connectivity index (χ3v) is 3.58. The molecule has 0 spiro atoms. The predicted molar refractivity (Wildman–Crippen MR) is 78.7 cm³/mol. The van der Waals surface area contributed by atoms with Crippen LogP contribution in [0.2, 0.25) is 0 Å². The summed E-state index contributed by atoms with van der Waals surface area (Å²) in [5.74, 6) is 1.44. The number of methoxy groups -OCH3 is 1. The molecule has 1 atom stereocenters. The summed E-state index contributed by atoms with van der Waals surface area (Å²) in [5.41, 5.74) is 3.93. The first-order chi connectivity index (χ1) is 7.99. The number of allylic oxidation sites excluding steroid dienone is 1. The SMILES string of the molecule is CCC(C)c1c(Br)cc(OC)cc1C=C(C)C. The molecule has 0 aliphatic rings. The Morgan fingerprint density at radius 3 is 2.53 bits per heavy atom. The predicted octanol–water partition coefficient (Wildman–Crippen LogP) is 5.39. The standard InChI is InChI=1S/C15H21BrO/c1-6-11(4)15-12(7-10(2)3)8-13(17-5)9-14(15)16/h7-9,11H,6H2,1-5H3. The molecule has 0 aromatic heterocycles. The Labute approximate surface area is 113 Å². The Hall–Kier alpha value is -0.760. The minimum atomic E-state index is 0.542. The second-order valence-electron chi connectivity index (χ2n) is 4.64. The second-order valence-corrected chi connectivity index (χ2v) is 5.50. The summed E-state index contributed by atoms with van der Waals surface area (Å²) in [6, 6.07) is 4.16. The highest BCUT2D eigenvalue weighted by molar-refractivity contribution is 9.10. The molecule has 0 saturated heterocycles. The molecule has 0 bridgehead atoms. The van der Waals surface area contributed by atoms with Crippen molar-refractivity contribution in [3.05, 3.63) is 33.3 Å². The molecule has 0 radical (unpaired) electrons. The Kier molecular flexibility index (Phi) is 5.26. The average molecular weight is 297 g/mol. The number of benzene rings is 1. The fourth-order valence-corrected chi connectivity index (χ4v) is 2.73. The van der Waals surface area contributed by atoms with Crippen LogP contribution < -0.4 is 4.74 Å².